The fourth-order valence-electron chi connectivity index (χ4n) is 5.16. The molecule has 176 valence electrons. The molecule has 2 saturated heterocycles. The molecular formula is C26H27ClN4O3. The fraction of sp³-hybridized carbons (Fsp3) is 0.346. The van der Waals surface area contributed by atoms with Gasteiger partial charge in [-0.25, -0.2) is 9.48 Å². The topological polar surface area (TPSA) is 78.7 Å². The standard InChI is InChI=1S/C26H27ClN4O3/c27-21-6-8-22(9-7-21)31-24(19-10-13-29(14-11-19)26(33)34)23(16-28-31)25(32)30-15-12-20(17-30)18-4-2-1-3-5-18/h1-9,16,19-20H,10-15,17H2,(H,33,34). The average molecular weight is 479 g/mol. The smallest absolute Gasteiger partial charge is 0.407 e. The summed E-state index contributed by atoms with van der Waals surface area (Å²) in [6.07, 6.45) is 3.01. The Morgan fingerprint density at radius 3 is 2.21 bits per heavy atom. The van der Waals surface area contributed by atoms with Crippen molar-refractivity contribution in [3.05, 3.63) is 82.6 Å². The number of aromatic nitrogens is 2. The lowest BCUT2D eigenvalue weighted by Crippen LogP contribution is -2.38. The average Bonchev–Trinajstić information content (AvgIpc) is 3.53. The van der Waals surface area contributed by atoms with Crippen molar-refractivity contribution >= 4 is 23.6 Å². The quantitative estimate of drug-likeness (QED) is 0.571. The summed E-state index contributed by atoms with van der Waals surface area (Å²) in [7, 11) is 0. The van der Waals surface area contributed by atoms with Crippen LogP contribution in [0.5, 0.6) is 0 Å². The third kappa shape index (κ3) is 4.40. The summed E-state index contributed by atoms with van der Waals surface area (Å²) in [5, 5.41) is 14.6. The molecule has 2 aromatic carbocycles. The molecule has 2 amide bonds. The number of hydrogen-bond acceptors (Lipinski definition) is 3. The van der Waals surface area contributed by atoms with Crippen LogP contribution in [-0.4, -0.2) is 62.9 Å². The molecule has 0 bridgehead atoms. The molecule has 2 aliphatic rings. The molecule has 0 radical (unpaired) electrons. The van der Waals surface area contributed by atoms with Crippen molar-refractivity contribution in [3.8, 4) is 5.69 Å². The minimum atomic E-state index is -0.898. The summed E-state index contributed by atoms with van der Waals surface area (Å²) < 4.78 is 1.83. The Balaban J connectivity index is 1.44. The molecule has 1 N–H and O–H groups in total. The highest BCUT2D eigenvalue weighted by Crippen LogP contribution is 2.35. The van der Waals surface area contributed by atoms with Gasteiger partial charge in [-0.2, -0.15) is 5.10 Å². The maximum absolute atomic E-state index is 13.7. The Kier molecular flexibility index (Phi) is 6.28. The van der Waals surface area contributed by atoms with Gasteiger partial charge in [-0.05, 0) is 49.1 Å². The van der Waals surface area contributed by atoms with Crippen molar-refractivity contribution in [2.75, 3.05) is 26.2 Å². The van der Waals surface area contributed by atoms with E-state index in [-0.39, 0.29) is 11.8 Å². The van der Waals surface area contributed by atoms with Crippen LogP contribution in [0.3, 0.4) is 0 Å². The highest BCUT2D eigenvalue weighted by molar-refractivity contribution is 6.30. The number of amides is 2. The Morgan fingerprint density at radius 1 is 0.882 bits per heavy atom. The van der Waals surface area contributed by atoms with Crippen LogP contribution in [0, 0.1) is 0 Å². The number of piperidine rings is 1. The molecule has 1 unspecified atom stereocenters. The van der Waals surface area contributed by atoms with Gasteiger partial charge in [-0.3, -0.25) is 4.79 Å². The van der Waals surface area contributed by atoms with Crippen molar-refractivity contribution in [2.45, 2.75) is 31.1 Å². The van der Waals surface area contributed by atoms with E-state index in [2.05, 4.69) is 17.2 Å². The number of nitrogens with zero attached hydrogens (tertiary/aromatic N) is 4. The predicted octanol–water partition coefficient (Wildman–Crippen LogP) is 5.01. The minimum absolute atomic E-state index is 0.00527. The van der Waals surface area contributed by atoms with Crippen molar-refractivity contribution in [2.24, 2.45) is 0 Å². The van der Waals surface area contributed by atoms with Gasteiger partial charge in [-0.1, -0.05) is 41.9 Å². The van der Waals surface area contributed by atoms with E-state index in [1.54, 1.807) is 6.20 Å². The summed E-state index contributed by atoms with van der Waals surface area (Å²) in [6.45, 7) is 2.28. The summed E-state index contributed by atoms with van der Waals surface area (Å²) in [5.41, 5.74) is 3.57. The third-order valence-corrected chi connectivity index (χ3v) is 7.26. The summed E-state index contributed by atoms with van der Waals surface area (Å²) in [4.78, 5) is 28.5. The highest BCUT2D eigenvalue weighted by Gasteiger charge is 2.34. The number of carbonyl (C=O) groups is 2. The zero-order valence-electron chi connectivity index (χ0n) is 18.8. The first-order valence-electron chi connectivity index (χ1n) is 11.7. The molecule has 1 aromatic heterocycles. The van der Waals surface area contributed by atoms with Crippen molar-refractivity contribution in [1.82, 2.24) is 19.6 Å². The zero-order valence-corrected chi connectivity index (χ0v) is 19.6. The fourth-order valence-corrected chi connectivity index (χ4v) is 5.29. The molecule has 2 fully saturated rings. The Bertz CT molecular complexity index is 1170. The SMILES string of the molecule is O=C(O)N1CCC(c2c(C(=O)N3CCC(c4ccccc4)C3)cnn2-c2ccc(Cl)cc2)CC1. The maximum atomic E-state index is 13.7. The van der Waals surface area contributed by atoms with Crippen LogP contribution < -0.4 is 0 Å². The van der Waals surface area contributed by atoms with Crippen LogP contribution in [0.15, 0.2) is 60.8 Å². The number of rotatable bonds is 4. The normalized spacial score (nSPS) is 18.9. The van der Waals surface area contributed by atoms with E-state index in [1.807, 2.05) is 52.0 Å². The number of carboxylic acid groups (broad SMARTS) is 1. The highest BCUT2D eigenvalue weighted by atomic mass is 35.5. The molecule has 0 aliphatic carbocycles. The van der Waals surface area contributed by atoms with E-state index in [9.17, 15) is 14.7 Å². The van der Waals surface area contributed by atoms with Crippen LogP contribution in [0.4, 0.5) is 4.79 Å². The molecule has 7 nitrogen and oxygen atoms in total. The van der Waals surface area contributed by atoms with Gasteiger partial charge >= 0.3 is 6.09 Å². The summed E-state index contributed by atoms with van der Waals surface area (Å²) in [6, 6.07) is 17.7. The lowest BCUT2D eigenvalue weighted by atomic mass is 9.90. The molecule has 5 rings (SSSR count). The number of halogens is 1. The van der Waals surface area contributed by atoms with Gasteiger partial charge in [-0.15, -0.1) is 0 Å². The van der Waals surface area contributed by atoms with E-state index in [0.717, 1.165) is 17.8 Å². The van der Waals surface area contributed by atoms with Gasteiger partial charge in [0.25, 0.3) is 5.91 Å². The van der Waals surface area contributed by atoms with Crippen LogP contribution in [0.2, 0.25) is 5.02 Å². The van der Waals surface area contributed by atoms with Gasteiger partial charge in [0, 0.05) is 43.0 Å². The lowest BCUT2D eigenvalue weighted by Gasteiger charge is -2.31. The Morgan fingerprint density at radius 2 is 1.53 bits per heavy atom. The molecule has 3 heterocycles. The van der Waals surface area contributed by atoms with Gasteiger partial charge in [0.2, 0.25) is 0 Å². The van der Waals surface area contributed by atoms with E-state index in [1.165, 1.54) is 10.5 Å². The molecular weight excluding hydrogens is 452 g/mol. The van der Waals surface area contributed by atoms with Gasteiger partial charge in [0.1, 0.15) is 0 Å². The van der Waals surface area contributed by atoms with E-state index in [4.69, 9.17) is 11.6 Å². The lowest BCUT2D eigenvalue weighted by molar-refractivity contribution is 0.0787. The molecule has 0 spiro atoms. The molecule has 0 saturated carbocycles. The third-order valence-electron chi connectivity index (χ3n) is 7.01. The van der Waals surface area contributed by atoms with Gasteiger partial charge in [0.15, 0.2) is 0 Å². The first-order chi connectivity index (χ1) is 16.5. The molecule has 34 heavy (non-hydrogen) atoms. The molecule has 1 atom stereocenters. The monoisotopic (exact) mass is 478 g/mol. The molecule has 2 aliphatic heterocycles. The van der Waals surface area contributed by atoms with Crippen molar-refractivity contribution < 1.29 is 14.7 Å². The minimum Gasteiger partial charge on any atom is -0.465 e. The second-order valence-electron chi connectivity index (χ2n) is 9.02. The van der Waals surface area contributed by atoms with E-state index >= 15 is 0 Å². The van der Waals surface area contributed by atoms with E-state index in [0.29, 0.717) is 55.5 Å². The first kappa shape index (κ1) is 22.5. The van der Waals surface area contributed by atoms with Gasteiger partial charge in [0.05, 0.1) is 23.1 Å². The maximum Gasteiger partial charge on any atom is 0.407 e. The Labute approximate surface area is 203 Å². The first-order valence-corrected chi connectivity index (χ1v) is 12.0. The van der Waals surface area contributed by atoms with Crippen molar-refractivity contribution in [3.63, 3.8) is 0 Å². The summed E-state index contributed by atoms with van der Waals surface area (Å²) in [5.74, 6) is 0.369. The van der Waals surface area contributed by atoms with Crippen LogP contribution >= 0.6 is 11.6 Å². The second-order valence-corrected chi connectivity index (χ2v) is 9.46. The number of carbonyl (C=O) groups excluding carboxylic acids is 1. The predicted molar refractivity (Wildman–Crippen MR) is 130 cm³/mol. The van der Waals surface area contributed by atoms with Crippen LogP contribution in [0.25, 0.3) is 5.69 Å². The van der Waals surface area contributed by atoms with Gasteiger partial charge < -0.3 is 14.9 Å². The number of benzene rings is 2. The van der Waals surface area contributed by atoms with E-state index < -0.39 is 6.09 Å². The van der Waals surface area contributed by atoms with Crippen molar-refractivity contribution in [1.29, 1.82) is 0 Å². The number of likely N-dealkylation sites (tertiary alicyclic amines) is 2. The zero-order chi connectivity index (χ0) is 23.7. The van der Waals surface area contributed by atoms with Crippen LogP contribution in [0.1, 0.15) is 52.7 Å². The summed E-state index contributed by atoms with van der Waals surface area (Å²) >= 11 is 6.09. The molecule has 8 heteroatoms. The van der Waals surface area contributed by atoms with Crippen LogP contribution in [-0.2, 0) is 0 Å². The Hall–Kier alpha value is -3.32. The molecule has 3 aromatic rings. The largest absolute Gasteiger partial charge is 0.465 e. The second kappa shape index (κ2) is 9.50. The number of hydrogen-bond donors (Lipinski definition) is 1.